The van der Waals surface area contributed by atoms with Crippen LogP contribution in [0.2, 0.25) is 5.02 Å². The lowest BCUT2D eigenvalue weighted by Crippen LogP contribution is -2.24. The first-order chi connectivity index (χ1) is 14.1. The third-order valence-electron chi connectivity index (χ3n) is 4.13. The van der Waals surface area contributed by atoms with E-state index in [2.05, 4.69) is 10.6 Å². The van der Waals surface area contributed by atoms with Crippen LogP contribution >= 0.6 is 11.6 Å². The number of carbonyl (C=O) groups is 2. The maximum atomic E-state index is 12.3. The highest BCUT2D eigenvalue weighted by Gasteiger charge is 2.07. The number of hydrogen-bond donors (Lipinski definition) is 2. The van der Waals surface area contributed by atoms with Crippen LogP contribution in [0.15, 0.2) is 78.9 Å². The molecule has 148 valence electrons. The van der Waals surface area contributed by atoms with E-state index in [0.717, 1.165) is 11.3 Å². The van der Waals surface area contributed by atoms with Crippen LogP contribution < -0.4 is 15.4 Å². The fourth-order valence-electron chi connectivity index (χ4n) is 2.61. The van der Waals surface area contributed by atoms with Gasteiger partial charge in [0, 0.05) is 22.8 Å². The summed E-state index contributed by atoms with van der Waals surface area (Å²) >= 11 is 5.92. The molecule has 3 aromatic rings. The largest absolute Gasteiger partial charge is 0.493 e. The lowest BCUT2D eigenvalue weighted by Gasteiger charge is -2.09. The smallest absolute Gasteiger partial charge is 0.255 e. The van der Waals surface area contributed by atoms with E-state index < -0.39 is 0 Å². The molecule has 29 heavy (non-hydrogen) atoms. The Labute approximate surface area is 174 Å². The SMILES string of the molecule is O=C(CCOc1ccccc1)NCc1ccc(C(=O)Nc2cccc(Cl)c2)cc1. The van der Waals surface area contributed by atoms with Gasteiger partial charge >= 0.3 is 0 Å². The Morgan fingerprint density at radius 3 is 2.38 bits per heavy atom. The van der Waals surface area contributed by atoms with Gasteiger partial charge in [-0.2, -0.15) is 0 Å². The summed E-state index contributed by atoms with van der Waals surface area (Å²) < 4.78 is 5.51. The molecule has 0 aliphatic carbocycles. The minimum absolute atomic E-state index is 0.0938. The van der Waals surface area contributed by atoms with E-state index in [9.17, 15) is 9.59 Å². The number of rotatable bonds is 8. The van der Waals surface area contributed by atoms with E-state index in [1.54, 1.807) is 36.4 Å². The second-order valence-corrected chi connectivity index (χ2v) is 6.79. The number of amides is 2. The highest BCUT2D eigenvalue weighted by atomic mass is 35.5. The van der Waals surface area contributed by atoms with Crippen LogP contribution in [0.25, 0.3) is 0 Å². The summed E-state index contributed by atoms with van der Waals surface area (Å²) in [5.41, 5.74) is 2.06. The second-order valence-electron chi connectivity index (χ2n) is 6.35. The lowest BCUT2D eigenvalue weighted by atomic mass is 10.1. The van der Waals surface area contributed by atoms with Crippen molar-refractivity contribution in [2.75, 3.05) is 11.9 Å². The maximum Gasteiger partial charge on any atom is 0.255 e. The third kappa shape index (κ3) is 6.66. The van der Waals surface area contributed by atoms with Crippen molar-refractivity contribution in [2.45, 2.75) is 13.0 Å². The van der Waals surface area contributed by atoms with Crippen LogP contribution in [-0.4, -0.2) is 18.4 Å². The summed E-state index contributed by atoms with van der Waals surface area (Å²) in [6.07, 6.45) is 0.273. The van der Waals surface area contributed by atoms with Gasteiger partial charge in [0.2, 0.25) is 5.91 Å². The number of para-hydroxylation sites is 1. The molecule has 0 spiro atoms. The third-order valence-corrected chi connectivity index (χ3v) is 4.36. The minimum Gasteiger partial charge on any atom is -0.493 e. The predicted octanol–water partition coefficient (Wildman–Crippen LogP) is 4.68. The molecule has 0 radical (unpaired) electrons. The number of halogens is 1. The van der Waals surface area contributed by atoms with Crippen molar-refractivity contribution in [3.63, 3.8) is 0 Å². The zero-order valence-electron chi connectivity index (χ0n) is 15.7. The summed E-state index contributed by atoms with van der Waals surface area (Å²) in [6.45, 7) is 0.707. The fourth-order valence-corrected chi connectivity index (χ4v) is 2.80. The predicted molar refractivity (Wildman–Crippen MR) is 114 cm³/mol. The summed E-state index contributed by atoms with van der Waals surface area (Å²) in [6, 6.07) is 23.4. The van der Waals surface area contributed by atoms with Gasteiger partial charge in [-0.25, -0.2) is 0 Å². The molecule has 2 amide bonds. The average molecular weight is 409 g/mol. The Balaban J connectivity index is 1.42. The van der Waals surface area contributed by atoms with E-state index in [0.29, 0.717) is 29.4 Å². The van der Waals surface area contributed by atoms with Gasteiger partial charge in [0.15, 0.2) is 0 Å². The monoisotopic (exact) mass is 408 g/mol. The van der Waals surface area contributed by atoms with E-state index in [4.69, 9.17) is 16.3 Å². The number of hydrogen-bond acceptors (Lipinski definition) is 3. The van der Waals surface area contributed by atoms with Crippen LogP contribution in [0.4, 0.5) is 5.69 Å². The van der Waals surface area contributed by atoms with Crippen molar-refractivity contribution in [3.8, 4) is 5.75 Å². The zero-order chi connectivity index (χ0) is 20.5. The van der Waals surface area contributed by atoms with Gasteiger partial charge in [0.05, 0.1) is 13.0 Å². The van der Waals surface area contributed by atoms with Crippen LogP contribution in [0, 0.1) is 0 Å². The van der Waals surface area contributed by atoms with Crippen molar-refractivity contribution in [1.82, 2.24) is 5.32 Å². The number of anilines is 1. The summed E-state index contributed by atoms with van der Waals surface area (Å²) in [5, 5.41) is 6.20. The molecule has 5 nitrogen and oxygen atoms in total. The van der Waals surface area contributed by atoms with Gasteiger partial charge in [-0.05, 0) is 48.0 Å². The van der Waals surface area contributed by atoms with E-state index >= 15 is 0 Å². The van der Waals surface area contributed by atoms with E-state index in [1.165, 1.54) is 0 Å². The highest BCUT2D eigenvalue weighted by molar-refractivity contribution is 6.30. The van der Waals surface area contributed by atoms with Gasteiger partial charge < -0.3 is 15.4 Å². The first kappa shape index (κ1) is 20.4. The molecule has 0 heterocycles. The average Bonchev–Trinajstić information content (AvgIpc) is 2.73. The molecule has 0 unspecified atom stereocenters. The molecule has 0 aliphatic heterocycles. The number of nitrogens with one attached hydrogen (secondary N) is 2. The minimum atomic E-state index is -0.221. The first-order valence-electron chi connectivity index (χ1n) is 9.20. The quantitative estimate of drug-likeness (QED) is 0.568. The lowest BCUT2D eigenvalue weighted by molar-refractivity contribution is -0.121. The van der Waals surface area contributed by atoms with Gasteiger partial charge in [0.25, 0.3) is 5.91 Å². The fraction of sp³-hybridized carbons (Fsp3) is 0.130. The molecule has 0 saturated carbocycles. The van der Waals surface area contributed by atoms with E-state index in [1.807, 2.05) is 42.5 Å². The molecule has 0 bridgehead atoms. The molecule has 0 aliphatic rings. The summed E-state index contributed by atoms with van der Waals surface area (Å²) in [4.78, 5) is 24.2. The molecule has 0 aromatic heterocycles. The van der Waals surface area contributed by atoms with Crippen LogP contribution in [0.5, 0.6) is 5.75 Å². The van der Waals surface area contributed by atoms with Gasteiger partial charge in [-0.1, -0.05) is 48.0 Å². The highest BCUT2D eigenvalue weighted by Crippen LogP contribution is 2.16. The van der Waals surface area contributed by atoms with Crippen molar-refractivity contribution < 1.29 is 14.3 Å². The maximum absolute atomic E-state index is 12.3. The summed E-state index contributed by atoms with van der Waals surface area (Å²) in [7, 11) is 0. The Hall–Kier alpha value is -3.31. The first-order valence-corrected chi connectivity index (χ1v) is 9.58. The molecule has 6 heteroatoms. The molecular formula is C23H21ClN2O3. The normalized spacial score (nSPS) is 10.2. The molecule has 3 rings (SSSR count). The van der Waals surface area contributed by atoms with Crippen molar-refractivity contribution in [1.29, 1.82) is 0 Å². The molecule has 0 atom stereocenters. The molecular weight excluding hydrogens is 388 g/mol. The van der Waals surface area contributed by atoms with Gasteiger partial charge in [-0.3, -0.25) is 9.59 Å². The molecule has 0 fully saturated rings. The Kier molecular flexibility index (Phi) is 7.25. The topological polar surface area (TPSA) is 67.4 Å². The van der Waals surface area contributed by atoms with Crippen LogP contribution in [0.3, 0.4) is 0 Å². The van der Waals surface area contributed by atoms with E-state index in [-0.39, 0.29) is 18.2 Å². The van der Waals surface area contributed by atoms with Gasteiger partial charge in [0.1, 0.15) is 5.75 Å². The number of ether oxygens (including phenoxy) is 1. The Bertz CT molecular complexity index is 959. The number of benzene rings is 3. The van der Waals surface area contributed by atoms with Crippen LogP contribution in [0.1, 0.15) is 22.3 Å². The van der Waals surface area contributed by atoms with Crippen LogP contribution in [-0.2, 0) is 11.3 Å². The van der Waals surface area contributed by atoms with Crippen molar-refractivity contribution in [3.05, 3.63) is 95.0 Å². The van der Waals surface area contributed by atoms with Crippen molar-refractivity contribution >= 4 is 29.1 Å². The second kappa shape index (κ2) is 10.3. The number of carbonyl (C=O) groups excluding carboxylic acids is 2. The molecule has 0 saturated heterocycles. The zero-order valence-corrected chi connectivity index (χ0v) is 16.5. The van der Waals surface area contributed by atoms with Gasteiger partial charge in [-0.15, -0.1) is 0 Å². The Morgan fingerprint density at radius 1 is 0.897 bits per heavy atom. The standard InChI is InChI=1S/C23H21ClN2O3/c24-19-5-4-6-20(15-19)26-23(28)18-11-9-17(10-12-18)16-25-22(27)13-14-29-21-7-2-1-3-8-21/h1-12,15H,13-14,16H2,(H,25,27)(H,26,28). The Morgan fingerprint density at radius 2 is 1.66 bits per heavy atom. The molecule has 2 N–H and O–H groups in total. The molecule has 3 aromatic carbocycles. The van der Waals surface area contributed by atoms with Crippen molar-refractivity contribution in [2.24, 2.45) is 0 Å². The summed E-state index contributed by atoms with van der Waals surface area (Å²) in [5.74, 6) is 0.427.